The SMILES string of the molecule is N#Cc1ccccc1NC(=O)CCN1CCC(C2CCOCC2)CC1. The standard InChI is InChI=1S/C20H27N3O2/c21-15-18-3-1-2-4-19(18)22-20(24)7-12-23-10-5-16(6-11-23)17-8-13-25-14-9-17/h1-4,16-17H,5-14H2,(H,22,24). The Bertz CT molecular complexity index is 612. The lowest BCUT2D eigenvalue weighted by atomic mass is 9.80. The first-order valence-corrected chi connectivity index (χ1v) is 9.35. The van der Waals surface area contributed by atoms with Crippen molar-refractivity contribution >= 4 is 11.6 Å². The van der Waals surface area contributed by atoms with Gasteiger partial charge < -0.3 is 15.0 Å². The monoisotopic (exact) mass is 341 g/mol. The van der Waals surface area contributed by atoms with Crippen LogP contribution in [0.3, 0.4) is 0 Å². The predicted octanol–water partition coefficient (Wildman–Crippen LogP) is 3.03. The van der Waals surface area contributed by atoms with Gasteiger partial charge >= 0.3 is 0 Å². The number of para-hydroxylation sites is 1. The highest BCUT2D eigenvalue weighted by molar-refractivity contribution is 5.92. The fraction of sp³-hybridized carbons (Fsp3) is 0.600. The summed E-state index contributed by atoms with van der Waals surface area (Å²) in [5, 5.41) is 11.9. The molecular formula is C20H27N3O2. The van der Waals surface area contributed by atoms with Crippen LogP contribution in [-0.4, -0.2) is 43.7 Å². The number of rotatable bonds is 5. The van der Waals surface area contributed by atoms with Gasteiger partial charge in [-0.3, -0.25) is 4.79 Å². The third-order valence-electron chi connectivity index (χ3n) is 5.54. The zero-order valence-corrected chi connectivity index (χ0v) is 14.7. The van der Waals surface area contributed by atoms with Gasteiger partial charge in [-0.05, 0) is 62.7 Å². The van der Waals surface area contributed by atoms with Crippen molar-refractivity contribution < 1.29 is 9.53 Å². The van der Waals surface area contributed by atoms with E-state index < -0.39 is 0 Å². The largest absolute Gasteiger partial charge is 0.381 e. The number of hydrogen-bond donors (Lipinski definition) is 1. The van der Waals surface area contributed by atoms with E-state index in [4.69, 9.17) is 10.00 Å². The number of benzene rings is 1. The minimum atomic E-state index is -0.0192. The molecule has 1 amide bonds. The average Bonchev–Trinajstić information content (AvgIpc) is 2.68. The van der Waals surface area contributed by atoms with Crippen LogP contribution in [-0.2, 0) is 9.53 Å². The minimum absolute atomic E-state index is 0.0192. The number of hydrogen-bond acceptors (Lipinski definition) is 4. The van der Waals surface area contributed by atoms with Gasteiger partial charge in [-0.15, -0.1) is 0 Å². The van der Waals surface area contributed by atoms with E-state index >= 15 is 0 Å². The summed E-state index contributed by atoms with van der Waals surface area (Å²) in [7, 11) is 0. The number of anilines is 1. The number of ether oxygens (including phenoxy) is 1. The second kappa shape index (κ2) is 8.98. The molecule has 0 bridgehead atoms. The molecule has 134 valence electrons. The number of carbonyl (C=O) groups excluding carboxylic acids is 1. The lowest BCUT2D eigenvalue weighted by molar-refractivity contribution is -0.116. The summed E-state index contributed by atoms with van der Waals surface area (Å²) in [5.74, 6) is 1.65. The van der Waals surface area contributed by atoms with Crippen molar-refractivity contribution in [3.63, 3.8) is 0 Å². The van der Waals surface area contributed by atoms with Crippen LogP contribution in [0.1, 0.15) is 37.7 Å². The van der Waals surface area contributed by atoms with Crippen molar-refractivity contribution in [2.75, 3.05) is 38.2 Å². The highest BCUT2D eigenvalue weighted by atomic mass is 16.5. The molecule has 0 atom stereocenters. The number of nitrogens with zero attached hydrogens (tertiary/aromatic N) is 2. The van der Waals surface area contributed by atoms with Gasteiger partial charge in [-0.2, -0.15) is 5.26 Å². The Morgan fingerprint density at radius 3 is 2.56 bits per heavy atom. The van der Waals surface area contributed by atoms with E-state index in [1.54, 1.807) is 18.2 Å². The van der Waals surface area contributed by atoms with Gasteiger partial charge in [0.2, 0.25) is 5.91 Å². The van der Waals surface area contributed by atoms with Crippen LogP contribution >= 0.6 is 0 Å². The van der Waals surface area contributed by atoms with Gasteiger partial charge in [-0.1, -0.05) is 12.1 Å². The van der Waals surface area contributed by atoms with Crippen molar-refractivity contribution in [2.45, 2.75) is 32.1 Å². The molecule has 1 aromatic carbocycles. The Morgan fingerprint density at radius 1 is 1.16 bits per heavy atom. The molecule has 0 unspecified atom stereocenters. The molecule has 2 aliphatic rings. The number of piperidine rings is 1. The van der Waals surface area contributed by atoms with Crippen molar-refractivity contribution in [2.24, 2.45) is 11.8 Å². The minimum Gasteiger partial charge on any atom is -0.381 e. The van der Waals surface area contributed by atoms with Crippen LogP contribution in [0, 0.1) is 23.2 Å². The maximum atomic E-state index is 12.2. The summed E-state index contributed by atoms with van der Waals surface area (Å²) in [4.78, 5) is 14.6. The van der Waals surface area contributed by atoms with E-state index in [1.807, 2.05) is 6.07 Å². The van der Waals surface area contributed by atoms with Crippen LogP contribution in [0.2, 0.25) is 0 Å². The van der Waals surface area contributed by atoms with Crippen LogP contribution < -0.4 is 5.32 Å². The first kappa shape index (κ1) is 17.9. The van der Waals surface area contributed by atoms with Crippen LogP contribution in [0.25, 0.3) is 0 Å². The van der Waals surface area contributed by atoms with Gasteiger partial charge in [0.25, 0.3) is 0 Å². The van der Waals surface area contributed by atoms with E-state index in [-0.39, 0.29) is 5.91 Å². The lowest BCUT2D eigenvalue weighted by Crippen LogP contribution is -2.38. The summed E-state index contributed by atoms with van der Waals surface area (Å²) in [6.07, 6.45) is 5.38. The highest BCUT2D eigenvalue weighted by Gasteiger charge is 2.27. The molecule has 0 spiro atoms. The molecule has 5 nitrogen and oxygen atoms in total. The second-order valence-electron chi connectivity index (χ2n) is 7.08. The average molecular weight is 341 g/mol. The second-order valence-corrected chi connectivity index (χ2v) is 7.08. The maximum Gasteiger partial charge on any atom is 0.225 e. The molecule has 0 saturated carbocycles. The highest BCUT2D eigenvalue weighted by Crippen LogP contribution is 2.31. The number of amides is 1. The summed E-state index contributed by atoms with van der Waals surface area (Å²) >= 11 is 0. The molecule has 25 heavy (non-hydrogen) atoms. The summed E-state index contributed by atoms with van der Waals surface area (Å²) < 4.78 is 5.47. The zero-order valence-electron chi connectivity index (χ0n) is 14.7. The molecule has 2 aliphatic heterocycles. The smallest absolute Gasteiger partial charge is 0.225 e. The Morgan fingerprint density at radius 2 is 1.84 bits per heavy atom. The Labute approximate surface area is 150 Å². The molecule has 3 rings (SSSR count). The molecular weight excluding hydrogens is 314 g/mol. The van der Waals surface area contributed by atoms with E-state index in [0.29, 0.717) is 17.7 Å². The Balaban J connectivity index is 1.39. The third-order valence-corrected chi connectivity index (χ3v) is 5.54. The van der Waals surface area contributed by atoms with Crippen molar-refractivity contribution in [1.29, 1.82) is 5.26 Å². The number of nitrogens with one attached hydrogen (secondary N) is 1. The summed E-state index contributed by atoms with van der Waals surface area (Å²) in [6.45, 7) is 4.82. The van der Waals surface area contributed by atoms with Gasteiger partial charge in [-0.25, -0.2) is 0 Å². The van der Waals surface area contributed by atoms with Gasteiger partial charge in [0, 0.05) is 26.2 Å². The van der Waals surface area contributed by atoms with E-state index in [0.717, 1.165) is 44.7 Å². The molecule has 1 N–H and O–H groups in total. The molecule has 5 heteroatoms. The van der Waals surface area contributed by atoms with Crippen LogP contribution in [0.5, 0.6) is 0 Å². The van der Waals surface area contributed by atoms with Gasteiger partial charge in [0.15, 0.2) is 0 Å². The van der Waals surface area contributed by atoms with Crippen molar-refractivity contribution in [3.05, 3.63) is 29.8 Å². The summed E-state index contributed by atoms with van der Waals surface area (Å²) in [5.41, 5.74) is 1.11. The summed E-state index contributed by atoms with van der Waals surface area (Å²) in [6, 6.07) is 9.23. The van der Waals surface area contributed by atoms with E-state index in [2.05, 4.69) is 16.3 Å². The molecule has 2 fully saturated rings. The molecule has 0 radical (unpaired) electrons. The van der Waals surface area contributed by atoms with Crippen molar-refractivity contribution in [3.8, 4) is 6.07 Å². The molecule has 2 heterocycles. The van der Waals surface area contributed by atoms with Gasteiger partial charge in [0.05, 0.1) is 11.3 Å². The third kappa shape index (κ3) is 5.04. The maximum absolute atomic E-state index is 12.2. The van der Waals surface area contributed by atoms with Crippen LogP contribution in [0.4, 0.5) is 5.69 Å². The van der Waals surface area contributed by atoms with E-state index in [9.17, 15) is 4.79 Å². The number of likely N-dealkylation sites (tertiary alicyclic amines) is 1. The fourth-order valence-corrected chi connectivity index (χ4v) is 4.00. The fourth-order valence-electron chi connectivity index (χ4n) is 4.00. The first-order chi connectivity index (χ1) is 12.3. The lowest BCUT2D eigenvalue weighted by Gasteiger charge is -2.37. The number of carbonyl (C=O) groups is 1. The first-order valence-electron chi connectivity index (χ1n) is 9.35. The molecule has 0 aliphatic carbocycles. The Hall–Kier alpha value is -1.90. The molecule has 1 aromatic rings. The molecule has 0 aromatic heterocycles. The quantitative estimate of drug-likeness (QED) is 0.894. The van der Waals surface area contributed by atoms with Crippen molar-refractivity contribution in [1.82, 2.24) is 4.90 Å². The Kier molecular flexibility index (Phi) is 6.43. The van der Waals surface area contributed by atoms with Gasteiger partial charge in [0.1, 0.15) is 6.07 Å². The zero-order chi connectivity index (χ0) is 17.5. The normalized spacial score (nSPS) is 20.1. The van der Waals surface area contributed by atoms with E-state index in [1.165, 1.54) is 25.7 Å². The topological polar surface area (TPSA) is 65.4 Å². The van der Waals surface area contributed by atoms with Crippen LogP contribution in [0.15, 0.2) is 24.3 Å². The molecule has 2 saturated heterocycles. The number of nitriles is 1. The predicted molar refractivity (Wildman–Crippen MR) is 97.1 cm³/mol.